The number of esters is 1. The molecular formula is C19H28N2O6S. The molecule has 1 aromatic rings. The number of hydrogen-bond donors (Lipinski definition) is 0. The summed E-state index contributed by atoms with van der Waals surface area (Å²) in [6.07, 6.45) is 2.69. The molecule has 1 saturated heterocycles. The number of methoxy groups -OCH3 is 1. The maximum Gasteiger partial charge on any atom is 0.325 e. The molecule has 2 rings (SSSR count). The Morgan fingerprint density at radius 3 is 2.54 bits per heavy atom. The predicted octanol–water partition coefficient (Wildman–Crippen LogP) is 1.51. The summed E-state index contributed by atoms with van der Waals surface area (Å²) in [5, 5.41) is 0. The molecule has 28 heavy (non-hydrogen) atoms. The van der Waals surface area contributed by atoms with Crippen molar-refractivity contribution in [1.29, 1.82) is 0 Å². The Morgan fingerprint density at radius 1 is 1.18 bits per heavy atom. The number of rotatable bonds is 9. The smallest absolute Gasteiger partial charge is 0.325 e. The van der Waals surface area contributed by atoms with E-state index in [0.717, 1.165) is 19.3 Å². The van der Waals surface area contributed by atoms with Crippen molar-refractivity contribution >= 4 is 21.9 Å². The fraction of sp³-hybridized carbons (Fsp3) is 0.579. The number of carbonyl (C=O) groups is 2. The number of carbonyl (C=O) groups excluding carboxylic acids is 2. The minimum Gasteiger partial charge on any atom is -0.465 e. The first-order valence-corrected chi connectivity index (χ1v) is 10.9. The minimum atomic E-state index is -3.65. The highest BCUT2D eigenvalue weighted by molar-refractivity contribution is 7.89. The zero-order valence-corrected chi connectivity index (χ0v) is 17.2. The van der Waals surface area contributed by atoms with Gasteiger partial charge < -0.3 is 14.4 Å². The number of piperidine rings is 1. The second-order valence-corrected chi connectivity index (χ2v) is 8.46. The van der Waals surface area contributed by atoms with Gasteiger partial charge in [-0.1, -0.05) is 12.5 Å². The third-order valence-electron chi connectivity index (χ3n) is 4.51. The summed E-state index contributed by atoms with van der Waals surface area (Å²) < 4.78 is 37.1. The molecule has 0 unspecified atom stereocenters. The van der Waals surface area contributed by atoms with E-state index in [-0.39, 0.29) is 36.8 Å². The van der Waals surface area contributed by atoms with Crippen LogP contribution in [0.4, 0.5) is 0 Å². The van der Waals surface area contributed by atoms with Crippen molar-refractivity contribution in [2.75, 3.05) is 46.5 Å². The Kier molecular flexibility index (Phi) is 8.40. The molecule has 0 atom stereocenters. The van der Waals surface area contributed by atoms with Gasteiger partial charge in [-0.3, -0.25) is 9.59 Å². The first-order chi connectivity index (χ1) is 13.4. The fourth-order valence-electron chi connectivity index (χ4n) is 3.04. The van der Waals surface area contributed by atoms with Crippen molar-refractivity contribution in [3.05, 3.63) is 29.8 Å². The Balaban J connectivity index is 2.23. The van der Waals surface area contributed by atoms with Gasteiger partial charge in [0.05, 0.1) is 18.1 Å². The van der Waals surface area contributed by atoms with Gasteiger partial charge in [0.15, 0.2) is 0 Å². The van der Waals surface area contributed by atoms with E-state index in [1.807, 2.05) is 0 Å². The number of benzene rings is 1. The number of hydrogen-bond acceptors (Lipinski definition) is 6. The fourth-order valence-corrected chi connectivity index (χ4v) is 4.61. The van der Waals surface area contributed by atoms with Gasteiger partial charge in [-0.2, -0.15) is 4.31 Å². The third kappa shape index (κ3) is 5.76. The van der Waals surface area contributed by atoms with Crippen LogP contribution in [-0.2, 0) is 24.3 Å². The summed E-state index contributed by atoms with van der Waals surface area (Å²) in [5.74, 6) is -0.968. The van der Waals surface area contributed by atoms with Crippen LogP contribution in [-0.4, -0.2) is 76.0 Å². The molecule has 1 aliphatic heterocycles. The zero-order valence-electron chi connectivity index (χ0n) is 16.4. The maximum absolute atomic E-state index is 12.9. The van der Waals surface area contributed by atoms with E-state index in [9.17, 15) is 18.0 Å². The average molecular weight is 413 g/mol. The van der Waals surface area contributed by atoms with Gasteiger partial charge in [0, 0.05) is 32.3 Å². The average Bonchev–Trinajstić information content (AvgIpc) is 2.71. The molecule has 8 nitrogen and oxygen atoms in total. The van der Waals surface area contributed by atoms with Crippen molar-refractivity contribution in [3.8, 4) is 0 Å². The standard InChI is InChI=1S/C19H28N2O6S/c1-3-27-18(22)15-20(12-13-26-2)19(23)16-8-7-9-17(14-16)28(24,25)21-10-5-4-6-11-21/h7-9,14H,3-6,10-13,15H2,1-2H3. The quantitative estimate of drug-likeness (QED) is 0.571. The van der Waals surface area contributed by atoms with E-state index >= 15 is 0 Å². The van der Waals surface area contributed by atoms with Gasteiger partial charge in [-0.05, 0) is 38.0 Å². The number of amides is 1. The maximum atomic E-state index is 12.9. The van der Waals surface area contributed by atoms with Gasteiger partial charge in [0.1, 0.15) is 6.54 Å². The molecule has 1 fully saturated rings. The number of nitrogens with zero attached hydrogens (tertiary/aromatic N) is 2. The lowest BCUT2D eigenvalue weighted by molar-refractivity contribution is -0.143. The molecule has 0 aromatic heterocycles. The molecule has 1 amide bonds. The van der Waals surface area contributed by atoms with Crippen LogP contribution < -0.4 is 0 Å². The normalized spacial score (nSPS) is 15.2. The van der Waals surface area contributed by atoms with Gasteiger partial charge >= 0.3 is 5.97 Å². The second kappa shape index (κ2) is 10.5. The largest absolute Gasteiger partial charge is 0.465 e. The van der Waals surface area contributed by atoms with Crippen LogP contribution in [0.15, 0.2) is 29.2 Å². The summed E-state index contributed by atoms with van der Waals surface area (Å²) in [6.45, 7) is 3.10. The summed E-state index contributed by atoms with van der Waals surface area (Å²) in [5.41, 5.74) is 0.207. The lowest BCUT2D eigenvalue weighted by Gasteiger charge is -2.26. The Hall–Kier alpha value is -1.97. The van der Waals surface area contributed by atoms with Crippen molar-refractivity contribution in [1.82, 2.24) is 9.21 Å². The molecule has 156 valence electrons. The van der Waals surface area contributed by atoms with Crippen LogP contribution in [0, 0.1) is 0 Å². The first kappa shape index (κ1) is 22.3. The van der Waals surface area contributed by atoms with Crippen LogP contribution in [0.3, 0.4) is 0 Å². The van der Waals surface area contributed by atoms with Crippen LogP contribution >= 0.6 is 0 Å². The highest BCUT2D eigenvalue weighted by Gasteiger charge is 2.27. The van der Waals surface area contributed by atoms with Crippen LogP contribution in [0.1, 0.15) is 36.5 Å². The van der Waals surface area contributed by atoms with Crippen LogP contribution in [0.5, 0.6) is 0 Å². The summed E-state index contributed by atoms with van der Waals surface area (Å²) >= 11 is 0. The molecule has 0 spiro atoms. The van der Waals surface area contributed by atoms with Crippen LogP contribution in [0.25, 0.3) is 0 Å². The van der Waals surface area contributed by atoms with Gasteiger partial charge in [0.25, 0.3) is 5.91 Å². The molecular weight excluding hydrogens is 384 g/mol. The van der Waals surface area contributed by atoms with Crippen molar-refractivity contribution in [2.45, 2.75) is 31.1 Å². The monoisotopic (exact) mass is 412 g/mol. The van der Waals surface area contributed by atoms with Crippen LogP contribution in [0.2, 0.25) is 0 Å². The molecule has 0 aliphatic carbocycles. The topological polar surface area (TPSA) is 93.2 Å². The van der Waals surface area contributed by atoms with Gasteiger partial charge in [0.2, 0.25) is 10.0 Å². The molecule has 9 heteroatoms. The molecule has 1 aliphatic rings. The van der Waals surface area contributed by atoms with E-state index in [1.165, 1.54) is 28.4 Å². The van der Waals surface area contributed by atoms with E-state index < -0.39 is 21.9 Å². The van der Waals surface area contributed by atoms with Crippen molar-refractivity contribution < 1.29 is 27.5 Å². The van der Waals surface area contributed by atoms with Crippen molar-refractivity contribution in [3.63, 3.8) is 0 Å². The molecule has 0 N–H and O–H groups in total. The Labute approximate surface area is 166 Å². The van der Waals surface area contributed by atoms with Gasteiger partial charge in [-0.25, -0.2) is 8.42 Å². The Bertz CT molecular complexity index is 774. The second-order valence-electron chi connectivity index (χ2n) is 6.52. The molecule has 0 saturated carbocycles. The highest BCUT2D eigenvalue weighted by atomic mass is 32.2. The third-order valence-corrected chi connectivity index (χ3v) is 6.41. The number of sulfonamides is 1. The summed E-state index contributed by atoms with van der Waals surface area (Å²) in [7, 11) is -2.15. The first-order valence-electron chi connectivity index (χ1n) is 9.44. The van der Waals surface area contributed by atoms with Gasteiger partial charge in [-0.15, -0.1) is 0 Å². The molecule has 0 bridgehead atoms. The SMILES string of the molecule is CCOC(=O)CN(CCOC)C(=O)c1cccc(S(=O)(=O)N2CCCCC2)c1. The minimum absolute atomic E-state index is 0.0862. The number of ether oxygens (including phenoxy) is 2. The molecule has 0 radical (unpaired) electrons. The lowest BCUT2D eigenvalue weighted by Crippen LogP contribution is -2.39. The molecule has 1 aromatic carbocycles. The van der Waals surface area contributed by atoms with E-state index in [4.69, 9.17) is 9.47 Å². The van der Waals surface area contributed by atoms with Crippen molar-refractivity contribution in [2.24, 2.45) is 0 Å². The Morgan fingerprint density at radius 2 is 1.89 bits per heavy atom. The summed E-state index contributed by atoms with van der Waals surface area (Å²) in [4.78, 5) is 26.1. The zero-order chi connectivity index (χ0) is 20.6. The predicted molar refractivity (Wildman–Crippen MR) is 103 cm³/mol. The molecule has 1 heterocycles. The highest BCUT2D eigenvalue weighted by Crippen LogP contribution is 2.22. The van der Waals surface area contributed by atoms with E-state index in [1.54, 1.807) is 19.1 Å². The van der Waals surface area contributed by atoms with E-state index in [2.05, 4.69) is 0 Å². The van der Waals surface area contributed by atoms with E-state index in [0.29, 0.717) is 13.1 Å². The summed E-state index contributed by atoms with van der Waals surface area (Å²) in [6, 6.07) is 5.95. The lowest BCUT2D eigenvalue weighted by atomic mass is 10.2.